The van der Waals surface area contributed by atoms with Crippen molar-refractivity contribution in [2.24, 2.45) is 7.05 Å². The molecule has 0 saturated heterocycles. The van der Waals surface area contributed by atoms with Crippen LogP contribution in [0.3, 0.4) is 0 Å². The molecule has 1 atom stereocenters. The van der Waals surface area contributed by atoms with E-state index in [9.17, 15) is 13.2 Å². The largest absolute Gasteiger partial charge is 0.389 e. The van der Waals surface area contributed by atoms with Crippen molar-refractivity contribution in [3.63, 3.8) is 0 Å². The molecule has 92 valence electrons. The van der Waals surface area contributed by atoms with Gasteiger partial charge in [0, 0.05) is 18.9 Å². The topological polar surface area (TPSA) is 55.6 Å². The van der Waals surface area contributed by atoms with Crippen molar-refractivity contribution in [1.82, 2.24) is 25.5 Å². The molecule has 0 aliphatic rings. The minimum absolute atomic E-state index is 0.0122. The first-order valence-corrected chi connectivity index (χ1v) is 4.87. The summed E-state index contributed by atoms with van der Waals surface area (Å²) in [6.07, 6.45) is -4.57. The van der Waals surface area contributed by atoms with Crippen molar-refractivity contribution < 1.29 is 13.2 Å². The third kappa shape index (κ3) is 4.56. The summed E-state index contributed by atoms with van der Waals surface area (Å²) >= 11 is 0. The monoisotopic (exact) mass is 237 g/mol. The van der Waals surface area contributed by atoms with Gasteiger partial charge in [0.2, 0.25) is 0 Å². The van der Waals surface area contributed by atoms with Crippen LogP contribution in [0.25, 0.3) is 0 Å². The highest BCUT2D eigenvalue weighted by Crippen LogP contribution is 2.22. The highest BCUT2D eigenvalue weighted by atomic mass is 19.4. The van der Waals surface area contributed by atoms with Crippen molar-refractivity contribution in [1.29, 1.82) is 0 Å². The molecule has 16 heavy (non-hydrogen) atoms. The molecular weight excluding hydrogens is 223 g/mol. The Kier molecular flexibility index (Phi) is 4.22. The smallest absolute Gasteiger partial charge is 0.317 e. The second-order valence-electron chi connectivity index (χ2n) is 3.54. The van der Waals surface area contributed by atoms with E-state index in [1.807, 2.05) is 0 Å². The van der Waals surface area contributed by atoms with Gasteiger partial charge in [0.15, 0.2) is 5.82 Å². The summed E-state index contributed by atoms with van der Waals surface area (Å²) in [6.45, 7) is 0. The minimum Gasteiger partial charge on any atom is -0.317 e. The van der Waals surface area contributed by atoms with Gasteiger partial charge >= 0.3 is 6.18 Å². The van der Waals surface area contributed by atoms with Crippen LogP contribution in [0.15, 0.2) is 0 Å². The van der Waals surface area contributed by atoms with E-state index in [1.165, 1.54) is 4.80 Å². The molecule has 0 radical (unpaired) electrons. The molecule has 1 aromatic rings. The standard InChI is InChI=1S/C8H14F3N5/c1-12-6(3-4-8(9,10)11)5-7-13-15-16(2)14-7/h6,12H,3-5H2,1-2H3. The normalized spacial score (nSPS) is 14.1. The van der Waals surface area contributed by atoms with Gasteiger partial charge in [0.05, 0.1) is 7.05 Å². The average molecular weight is 237 g/mol. The molecule has 1 unspecified atom stereocenters. The summed E-state index contributed by atoms with van der Waals surface area (Å²) in [6, 6.07) is -0.286. The molecule has 0 spiro atoms. The van der Waals surface area contributed by atoms with Crippen molar-refractivity contribution >= 4 is 0 Å². The molecule has 1 aromatic heterocycles. The zero-order chi connectivity index (χ0) is 12.2. The van der Waals surface area contributed by atoms with Crippen molar-refractivity contribution in [2.45, 2.75) is 31.5 Å². The summed E-state index contributed by atoms with van der Waals surface area (Å²) in [7, 11) is 3.23. The van der Waals surface area contributed by atoms with Gasteiger partial charge in [-0.2, -0.15) is 18.0 Å². The molecule has 0 aromatic carbocycles. The predicted molar refractivity (Wildman–Crippen MR) is 50.6 cm³/mol. The minimum atomic E-state index is -4.12. The second-order valence-corrected chi connectivity index (χ2v) is 3.54. The molecule has 8 heteroatoms. The molecule has 1 heterocycles. The fraction of sp³-hybridized carbons (Fsp3) is 0.875. The molecule has 0 aliphatic carbocycles. The maximum atomic E-state index is 12.0. The number of halogens is 3. The lowest BCUT2D eigenvalue weighted by atomic mass is 10.1. The third-order valence-corrected chi connectivity index (χ3v) is 2.16. The number of nitrogens with one attached hydrogen (secondary N) is 1. The number of aryl methyl sites for hydroxylation is 1. The van der Waals surface area contributed by atoms with Crippen LogP contribution in [0, 0.1) is 0 Å². The Hall–Kier alpha value is -1.18. The van der Waals surface area contributed by atoms with E-state index < -0.39 is 12.6 Å². The van der Waals surface area contributed by atoms with E-state index in [0.29, 0.717) is 12.2 Å². The number of alkyl halides is 3. The fourth-order valence-electron chi connectivity index (χ4n) is 1.31. The van der Waals surface area contributed by atoms with Gasteiger partial charge in [0.1, 0.15) is 0 Å². The van der Waals surface area contributed by atoms with Crippen molar-refractivity contribution in [2.75, 3.05) is 7.05 Å². The lowest BCUT2D eigenvalue weighted by molar-refractivity contribution is -0.136. The average Bonchev–Trinajstić information content (AvgIpc) is 2.57. The second kappa shape index (κ2) is 5.24. The first-order valence-electron chi connectivity index (χ1n) is 4.87. The summed E-state index contributed by atoms with van der Waals surface area (Å²) in [4.78, 5) is 1.28. The maximum Gasteiger partial charge on any atom is 0.389 e. The Morgan fingerprint density at radius 3 is 2.56 bits per heavy atom. The summed E-state index contributed by atoms with van der Waals surface area (Å²) < 4.78 is 36.1. The Morgan fingerprint density at radius 2 is 2.12 bits per heavy atom. The predicted octanol–water partition coefficient (Wildman–Crippen LogP) is 0.683. The Balaban J connectivity index is 2.43. The van der Waals surface area contributed by atoms with E-state index in [0.717, 1.165) is 0 Å². The van der Waals surface area contributed by atoms with Gasteiger partial charge in [-0.15, -0.1) is 10.2 Å². The van der Waals surface area contributed by atoms with E-state index >= 15 is 0 Å². The van der Waals surface area contributed by atoms with Crippen LogP contribution in [0.2, 0.25) is 0 Å². The van der Waals surface area contributed by atoms with Gasteiger partial charge in [-0.25, -0.2) is 0 Å². The van der Waals surface area contributed by atoms with Crippen molar-refractivity contribution in [3.05, 3.63) is 5.82 Å². The Bertz CT molecular complexity index is 322. The van der Waals surface area contributed by atoms with Gasteiger partial charge < -0.3 is 5.32 Å². The van der Waals surface area contributed by atoms with E-state index in [4.69, 9.17) is 0 Å². The number of tetrazole rings is 1. The van der Waals surface area contributed by atoms with Gasteiger partial charge in [0.25, 0.3) is 0 Å². The quantitative estimate of drug-likeness (QED) is 0.818. The highest BCUT2D eigenvalue weighted by molar-refractivity contribution is 4.84. The number of aromatic nitrogens is 4. The van der Waals surface area contributed by atoms with Crippen LogP contribution in [0.4, 0.5) is 13.2 Å². The maximum absolute atomic E-state index is 12.0. The lowest BCUT2D eigenvalue weighted by Gasteiger charge is -2.15. The zero-order valence-electron chi connectivity index (χ0n) is 9.12. The SMILES string of the molecule is CNC(CCC(F)(F)F)Cc1nnn(C)n1. The third-order valence-electron chi connectivity index (χ3n) is 2.16. The highest BCUT2D eigenvalue weighted by Gasteiger charge is 2.28. The first kappa shape index (κ1) is 12.9. The molecule has 0 bridgehead atoms. The van der Waals surface area contributed by atoms with Crippen LogP contribution in [-0.4, -0.2) is 39.5 Å². The van der Waals surface area contributed by atoms with Crippen LogP contribution >= 0.6 is 0 Å². The van der Waals surface area contributed by atoms with Gasteiger partial charge in [-0.1, -0.05) is 0 Å². The van der Waals surface area contributed by atoms with Crippen LogP contribution in [0.5, 0.6) is 0 Å². The molecule has 1 N–H and O–H groups in total. The molecular formula is C8H14F3N5. The van der Waals surface area contributed by atoms with E-state index in [-0.39, 0.29) is 12.5 Å². The van der Waals surface area contributed by atoms with Gasteiger partial charge in [-0.05, 0) is 18.7 Å². The number of hydrogen-bond donors (Lipinski definition) is 1. The molecule has 0 fully saturated rings. The molecule has 5 nitrogen and oxygen atoms in total. The van der Waals surface area contributed by atoms with Crippen LogP contribution in [0.1, 0.15) is 18.7 Å². The number of hydrogen-bond acceptors (Lipinski definition) is 4. The molecule has 1 rings (SSSR count). The van der Waals surface area contributed by atoms with Crippen LogP contribution < -0.4 is 5.32 Å². The lowest BCUT2D eigenvalue weighted by Crippen LogP contribution is -2.29. The number of rotatable bonds is 5. The zero-order valence-corrected chi connectivity index (χ0v) is 9.12. The van der Waals surface area contributed by atoms with E-state index in [1.54, 1.807) is 14.1 Å². The number of nitrogens with zero attached hydrogens (tertiary/aromatic N) is 4. The molecule has 0 saturated carbocycles. The van der Waals surface area contributed by atoms with Gasteiger partial charge in [-0.3, -0.25) is 0 Å². The molecule has 0 amide bonds. The Morgan fingerprint density at radius 1 is 1.44 bits per heavy atom. The van der Waals surface area contributed by atoms with E-state index in [2.05, 4.69) is 20.7 Å². The Labute approximate surface area is 91.0 Å². The number of likely N-dealkylation sites (N-methyl/N-ethyl adjacent to an activating group) is 1. The van der Waals surface area contributed by atoms with Crippen molar-refractivity contribution in [3.8, 4) is 0 Å². The first-order chi connectivity index (χ1) is 7.40. The summed E-state index contributed by atoms with van der Waals surface area (Å²) in [5.41, 5.74) is 0. The molecule has 0 aliphatic heterocycles. The summed E-state index contributed by atoms with van der Waals surface area (Å²) in [5.74, 6) is 0.448. The van der Waals surface area contributed by atoms with Crippen LogP contribution in [-0.2, 0) is 13.5 Å². The summed E-state index contributed by atoms with van der Waals surface area (Å²) in [5, 5.41) is 14.1. The fourth-order valence-corrected chi connectivity index (χ4v) is 1.31.